The third-order valence-electron chi connectivity index (χ3n) is 3.58. The molecule has 0 bridgehead atoms. The number of rotatable bonds is 3. The van der Waals surface area contributed by atoms with Crippen LogP contribution >= 0.6 is 0 Å². The highest BCUT2D eigenvalue weighted by Crippen LogP contribution is 2.29. The highest BCUT2D eigenvalue weighted by atomic mass is 19.4. The number of amidine groups is 1. The van der Waals surface area contributed by atoms with Crippen LogP contribution in [0.5, 0.6) is 0 Å². The fourth-order valence-corrected chi connectivity index (χ4v) is 2.43. The van der Waals surface area contributed by atoms with Gasteiger partial charge in [-0.15, -0.1) is 0 Å². The van der Waals surface area contributed by atoms with Crippen molar-refractivity contribution in [3.8, 4) is 0 Å². The van der Waals surface area contributed by atoms with E-state index >= 15 is 0 Å². The van der Waals surface area contributed by atoms with Gasteiger partial charge in [0, 0.05) is 23.2 Å². The van der Waals surface area contributed by atoms with E-state index < -0.39 is 11.7 Å². The van der Waals surface area contributed by atoms with Crippen LogP contribution in [0.4, 0.5) is 13.2 Å². The van der Waals surface area contributed by atoms with E-state index in [-0.39, 0.29) is 11.3 Å². The molecule has 118 valence electrons. The molecule has 3 nitrogen and oxygen atoms in total. The Hall–Kier alpha value is -2.63. The minimum Gasteiger partial charge on any atom is -0.368 e. The lowest BCUT2D eigenvalue weighted by Gasteiger charge is -2.10. The molecular weight excluding hydrogens is 305 g/mol. The molecule has 6 heteroatoms. The summed E-state index contributed by atoms with van der Waals surface area (Å²) in [5, 5.41) is 3.10. The van der Waals surface area contributed by atoms with Gasteiger partial charge in [-0.3, -0.25) is 9.79 Å². The first-order valence-electron chi connectivity index (χ1n) is 7.06. The van der Waals surface area contributed by atoms with Crippen molar-refractivity contribution in [1.82, 2.24) is 5.32 Å². The summed E-state index contributed by atoms with van der Waals surface area (Å²) >= 11 is 0. The first kappa shape index (κ1) is 15.3. The molecule has 0 atom stereocenters. The number of hydrogen-bond donors (Lipinski definition) is 1. The number of alkyl halides is 3. The number of hydrogen-bond acceptors (Lipinski definition) is 3. The molecule has 0 aromatic heterocycles. The molecule has 3 rings (SSSR count). The van der Waals surface area contributed by atoms with Crippen LogP contribution in [0.15, 0.2) is 53.5 Å². The van der Waals surface area contributed by atoms with Crippen LogP contribution in [0.3, 0.4) is 0 Å². The lowest BCUT2D eigenvalue weighted by molar-refractivity contribution is -0.137. The van der Waals surface area contributed by atoms with Crippen molar-refractivity contribution >= 4 is 11.6 Å². The summed E-state index contributed by atoms with van der Waals surface area (Å²) in [6.07, 6.45) is -4.41. The Bertz CT molecular complexity index is 764. The maximum absolute atomic E-state index is 12.6. The maximum atomic E-state index is 12.6. The monoisotopic (exact) mass is 318 g/mol. The zero-order valence-electron chi connectivity index (χ0n) is 12.0. The van der Waals surface area contributed by atoms with Gasteiger partial charge in [0.05, 0.1) is 12.1 Å². The summed E-state index contributed by atoms with van der Waals surface area (Å²) in [7, 11) is 0. The predicted octanol–water partition coefficient (Wildman–Crippen LogP) is 3.29. The van der Waals surface area contributed by atoms with Crippen LogP contribution in [0.1, 0.15) is 27.0 Å². The summed E-state index contributed by atoms with van der Waals surface area (Å²) in [5.41, 5.74) is 0.517. The van der Waals surface area contributed by atoms with Gasteiger partial charge in [0.25, 0.3) is 0 Å². The van der Waals surface area contributed by atoms with Crippen molar-refractivity contribution < 1.29 is 18.0 Å². The van der Waals surface area contributed by atoms with Crippen molar-refractivity contribution in [2.24, 2.45) is 4.99 Å². The van der Waals surface area contributed by atoms with Crippen molar-refractivity contribution in [2.45, 2.75) is 6.18 Å². The molecule has 1 aliphatic rings. The van der Waals surface area contributed by atoms with Crippen LogP contribution in [0, 0.1) is 0 Å². The quantitative estimate of drug-likeness (QED) is 0.882. The molecule has 0 unspecified atom stereocenters. The summed E-state index contributed by atoms with van der Waals surface area (Å²) in [6.45, 7) is 1.34. The predicted molar refractivity (Wildman–Crippen MR) is 80.7 cm³/mol. The highest BCUT2D eigenvalue weighted by molar-refractivity contribution is 6.16. The second-order valence-corrected chi connectivity index (χ2v) is 5.11. The van der Waals surface area contributed by atoms with Gasteiger partial charge in [-0.1, -0.05) is 36.4 Å². The van der Waals surface area contributed by atoms with Gasteiger partial charge in [0.2, 0.25) is 0 Å². The molecule has 1 heterocycles. The summed E-state index contributed by atoms with van der Waals surface area (Å²) < 4.78 is 37.8. The first-order chi connectivity index (χ1) is 11.0. The second kappa shape index (κ2) is 5.87. The van der Waals surface area contributed by atoms with E-state index in [1.54, 1.807) is 24.3 Å². The number of aliphatic imine (C=N–C) groups is 1. The Morgan fingerprint density at radius 3 is 2.35 bits per heavy atom. The van der Waals surface area contributed by atoms with Crippen LogP contribution in [-0.4, -0.2) is 24.7 Å². The highest BCUT2D eigenvalue weighted by Gasteiger charge is 2.30. The molecule has 0 saturated carbocycles. The number of nitrogens with zero attached hydrogens (tertiary/aromatic N) is 1. The molecule has 1 N–H and O–H groups in total. The smallest absolute Gasteiger partial charge is 0.368 e. The summed E-state index contributed by atoms with van der Waals surface area (Å²) in [4.78, 5) is 16.9. The molecule has 0 amide bonds. The number of ketones is 1. The van der Waals surface area contributed by atoms with Gasteiger partial charge in [0.15, 0.2) is 5.78 Å². The standard InChI is InChI=1S/C17H13F3N2O/c18-17(19,20)12-7-5-11(6-8-12)15(23)13-3-1-2-4-14(13)16-21-9-10-22-16/h1-8H,9-10H2,(H,21,22). The summed E-state index contributed by atoms with van der Waals surface area (Å²) in [5.74, 6) is 0.312. The van der Waals surface area contributed by atoms with Crippen molar-refractivity contribution in [3.05, 3.63) is 70.8 Å². The number of halogens is 3. The summed E-state index contributed by atoms with van der Waals surface area (Å²) in [6, 6.07) is 11.2. The SMILES string of the molecule is O=C(c1ccc(C(F)(F)F)cc1)c1ccccc1C1=NCCN1. The molecular formula is C17H13F3N2O. The van der Waals surface area contributed by atoms with Crippen LogP contribution < -0.4 is 5.32 Å². The van der Waals surface area contributed by atoms with Crippen molar-refractivity contribution in [3.63, 3.8) is 0 Å². The fraction of sp³-hybridized carbons (Fsp3) is 0.176. The van der Waals surface area contributed by atoms with E-state index in [1.165, 1.54) is 12.1 Å². The largest absolute Gasteiger partial charge is 0.416 e. The van der Waals surface area contributed by atoms with Gasteiger partial charge in [-0.25, -0.2) is 0 Å². The topological polar surface area (TPSA) is 41.5 Å². The Morgan fingerprint density at radius 2 is 1.74 bits per heavy atom. The lowest BCUT2D eigenvalue weighted by Crippen LogP contribution is -2.22. The van der Waals surface area contributed by atoms with Crippen LogP contribution in [-0.2, 0) is 6.18 Å². The second-order valence-electron chi connectivity index (χ2n) is 5.11. The average molecular weight is 318 g/mol. The molecule has 2 aromatic rings. The van der Waals surface area contributed by atoms with Gasteiger partial charge in [-0.2, -0.15) is 13.2 Å². The third-order valence-corrected chi connectivity index (χ3v) is 3.58. The maximum Gasteiger partial charge on any atom is 0.416 e. The van der Waals surface area contributed by atoms with Crippen molar-refractivity contribution in [2.75, 3.05) is 13.1 Å². The van der Waals surface area contributed by atoms with E-state index in [1.807, 2.05) is 0 Å². The molecule has 0 spiro atoms. The van der Waals surface area contributed by atoms with E-state index in [2.05, 4.69) is 10.3 Å². The number of nitrogens with one attached hydrogen (secondary N) is 1. The normalized spacial score (nSPS) is 14.3. The molecule has 2 aromatic carbocycles. The zero-order valence-corrected chi connectivity index (χ0v) is 12.0. The molecule has 23 heavy (non-hydrogen) atoms. The fourth-order valence-electron chi connectivity index (χ4n) is 2.43. The average Bonchev–Trinajstić information content (AvgIpc) is 3.08. The minimum atomic E-state index is -4.41. The van der Waals surface area contributed by atoms with E-state index in [4.69, 9.17) is 0 Å². The van der Waals surface area contributed by atoms with E-state index in [0.717, 1.165) is 12.1 Å². The van der Waals surface area contributed by atoms with E-state index in [0.29, 0.717) is 30.1 Å². The van der Waals surface area contributed by atoms with Gasteiger partial charge in [0.1, 0.15) is 5.84 Å². The first-order valence-corrected chi connectivity index (χ1v) is 7.06. The van der Waals surface area contributed by atoms with Crippen LogP contribution in [0.25, 0.3) is 0 Å². The molecule has 0 fully saturated rings. The van der Waals surface area contributed by atoms with Gasteiger partial charge >= 0.3 is 6.18 Å². The van der Waals surface area contributed by atoms with Gasteiger partial charge < -0.3 is 5.32 Å². The zero-order chi connectivity index (χ0) is 16.4. The third kappa shape index (κ3) is 3.11. The van der Waals surface area contributed by atoms with Crippen molar-refractivity contribution in [1.29, 1.82) is 0 Å². The molecule has 0 saturated heterocycles. The Labute approximate surface area is 130 Å². The number of benzene rings is 2. The Kier molecular flexibility index (Phi) is 3.90. The van der Waals surface area contributed by atoms with Crippen LogP contribution in [0.2, 0.25) is 0 Å². The Balaban J connectivity index is 1.95. The van der Waals surface area contributed by atoms with Gasteiger partial charge in [-0.05, 0) is 12.1 Å². The Morgan fingerprint density at radius 1 is 1.04 bits per heavy atom. The number of carbonyl (C=O) groups excluding carboxylic acids is 1. The molecule has 1 aliphatic heterocycles. The minimum absolute atomic E-state index is 0.212. The molecule has 0 radical (unpaired) electrons. The lowest BCUT2D eigenvalue weighted by atomic mass is 9.97. The number of carbonyl (C=O) groups is 1. The molecule has 0 aliphatic carbocycles. The van der Waals surface area contributed by atoms with E-state index in [9.17, 15) is 18.0 Å².